The van der Waals surface area contributed by atoms with E-state index in [1.54, 1.807) is 22.7 Å². The van der Waals surface area contributed by atoms with Crippen LogP contribution in [0.15, 0.2) is 48.7 Å². The van der Waals surface area contributed by atoms with Crippen molar-refractivity contribution in [1.29, 1.82) is 0 Å². The van der Waals surface area contributed by atoms with E-state index in [1.165, 1.54) is 0 Å². The topological polar surface area (TPSA) is 63.8 Å². The summed E-state index contributed by atoms with van der Waals surface area (Å²) in [6.45, 7) is 0.167. The number of hydrogen-bond donors (Lipinski definition) is 1. The number of rotatable bonds is 4. The summed E-state index contributed by atoms with van der Waals surface area (Å²) < 4.78 is 7.28. The number of imidazole rings is 1. The van der Waals surface area contributed by atoms with Gasteiger partial charge >= 0.3 is 5.97 Å². The second kappa shape index (κ2) is 5.46. The largest absolute Gasteiger partial charge is 0.486 e. The first-order valence-corrected chi connectivity index (χ1v) is 6.60. The number of para-hydroxylation sites is 1. The van der Waals surface area contributed by atoms with Crippen molar-refractivity contribution in [3.05, 3.63) is 65.2 Å². The minimum atomic E-state index is -1.10. The van der Waals surface area contributed by atoms with Crippen LogP contribution in [0.3, 0.4) is 0 Å². The van der Waals surface area contributed by atoms with Crippen molar-refractivity contribution < 1.29 is 14.6 Å². The van der Waals surface area contributed by atoms with Gasteiger partial charge in [-0.15, -0.1) is 0 Å². The third-order valence-electron chi connectivity index (χ3n) is 2.99. The van der Waals surface area contributed by atoms with Gasteiger partial charge in [-0.3, -0.25) is 4.40 Å². The molecule has 3 aromatic rings. The molecular weight excluding hydrogens is 292 g/mol. The Bertz CT molecular complexity index is 799. The maximum absolute atomic E-state index is 11.3. The molecule has 0 amide bonds. The number of carboxylic acids is 1. The third kappa shape index (κ3) is 2.68. The molecule has 5 nitrogen and oxygen atoms in total. The number of ether oxygens (including phenoxy) is 1. The molecule has 0 aliphatic carbocycles. The maximum atomic E-state index is 11.3. The lowest BCUT2D eigenvalue weighted by atomic mass is 10.3. The van der Waals surface area contributed by atoms with Gasteiger partial charge in [-0.05, 0) is 24.3 Å². The zero-order valence-corrected chi connectivity index (χ0v) is 11.6. The van der Waals surface area contributed by atoms with Crippen LogP contribution in [0.5, 0.6) is 5.75 Å². The van der Waals surface area contributed by atoms with Crippen LogP contribution in [-0.4, -0.2) is 20.5 Å². The Morgan fingerprint density at radius 2 is 2.05 bits per heavy atom. The predicted octanol–water partition coefficient (Wildman–Crippen LogP) is 3.26. The van der Waals surface area contributed by atoms with Gasteiger partial charge in [0.1, 0.15) is 12.4 Å². The highest BCUT2D eigenvalue weighted by Gasteiger charge is 2.17. The molecule has 0 saturated carbocycles. The van der Waals surface area contributed by atoms with E-state index in [0.717, 1.165) is 0 Å². The summed E-state index contributed by atoms with van der Waals surface area (Å²) in [5.74, 6) is 0.101. The van der Waals surface area contributed by atoms with Gasteiger partial charge < -0.3 is 9.84 Å². The second-order valence-corrected chi connectivity index (χ2v) is 4.82. The van der Waals surface area contributed by atoms with E-state index in [1.807, 2.05) is 30.3 Å². The lowest BCUT2D eigenvalue weighted by molar-refractivity contribution is 0.0693. The molecule has 1 aromatic carbocycles. The van der Waals surface area contributed by atoms with Crippen LogP contribution in [0.2, 0.25) is 5.02 Å². The summed E-state index contributed by atoms with van der Waals surface area (Å²) in [7, 11) is 0. The fourth-order valence-electron chi connectivity index (χ4n) is 2.05. The van der Waals surface area contributed by atoms with Crippen LogP contribution in [0.1, 0.15) is 16.3 Å². The van der Waals surface area contributed by atoms with Gasteiger partial charge in [0, 0.05) is 11.2 Å². The number of pyridine rings is 1. The molecule has 3 rings (SSSR count). The van der Waals surface area contributed by atoms with Gasteiger partial charge in [0.05, 0.1) is 5.52 Å². The number of benzene rings is 1. The van der Waals surface area contributed by atoms with Gasteiger partial charge in [-0.2, -0.15) is 0 Å². The zero-order chi connectivity index (χ0) is 14.8. The van der Waals surface area contributed by atoms with Crippen molar-refractivity contribution in [3.63, 3.8) is 0 Å². The second-order valence-electron chi connectivity index (χ2n) is 4.38. The highest BCUT2D eigenvalue weighted by Crippen LogP contribution is 2.19. The lowest BCUT2D eigenvalue weighted by Gasteiger charge is -2.05. The first kappa shape index (κ1) is 13.5. The Kier molecular flexibility index (Phi) is 3.50. The third-order valence-corrected chi connectivity index (χ3v) is 3.23. The molecule has 0 atom stereocenters. The Morgan fingerprint density at radius 3 is 2.76 bits per heavy atom. The average molecular weight is 303 g/mol. The molecule has 0 radical (unpaired) electrons. The minimum absolute atomic E-state index is 0.0378. The number of aromatic nitrogens is 2. The Balaban J connectivity index is 1.97. The Labute approximate surface area is 125 Å². The van der Waals surface area contributed by atoms with Gasteiger partial charge in [0.2, 0.25) is 0 Å². The molecule has 0 unspecified atom stereocenters. The maximum Gasteiger partial charge on any atom is 0.356 e. The van der Waals surface area contributed by atoms with E-state index in [4.69, 9.17) is 16.3 Å². The van der Waals surface area contributed by atoms with Crippen molar-refractivity contribution in [3.8, 4) is 5.75 Å². The molecule has 21 heavy (non-hydrogen) atoms. The summed E-state index contributed by atoms with van der Waals surface area (Å²) >= 11 is 5.91. The van der Waals surface area contributed by atoms with E-state index < -0.39 is 5.97 Å². The average Bonchev–Trinajstić information content (AvgIpc) is 2.84. The lowest BCUT2D eigenvalue weighted by Crippen LogP contribution is -2.01. The minimum Gasteiger partial charge on any atom is -0.486 e. The number of fused-ring (bicyclic) bond motifs is 1. The molecule has 0 bridgehead atoms. The quantitative estimate of drug-likeness (QED) is 0.803. The fourth-order valence-corrected chi connectivity index (χ4v) is 2.21. The van der Waals surface area contributed by atoms with Gasteiger partial charge in [0.25, 0.3) is 0 Å². The summed E-state index contributed by atoms with van der Waals surface area (Å²) in [5.41, 5.74) is 0.408. The fraction of sp³-hybridized carbons (Fsp3) is 0.0667. The van der Waals surface area contributed by atoms with Gasteiger partial charge in [-0.1, -0.05) is 29.8 Å². The molecule has 0 spiro atoms. The predicted molar refractivity (Wildman–Crippen MR) is 77.9 cm³/mol. The number of carbonyl (C=O) groups is 1. The molecule has 0 fully saturated rings. The number of halogens is 1. The monoisotopic (exact) mass is 302 g/mol. The molecule has 106 valence electrons. The number of carboxylic acid groups (broad SMARTS) is 1. The molecule has 0 aliphatic rings. The van der Waals surface area contributed by atoms with Crippen LogP contribution in [0.4, 0.5) is 0 Å². The molecule has 1 N–H and O–H groups in total. The first-order valence-electron chi connectivity index (χ1n) is 6.23. The zero-order valence-electron chi connectivity index (χ0n) is 10.9. The molecule has 2 aromatic heterocycles. The van der Waals surface area contributed by atoms with Crippen LogP contribution < -0.4 is 4.74 Å². The number of hydrogen-bond acceptors (Lipinski definition) is 3. The van der Waals surface area contributed by atoms with E-state index in [-0.39, 0.29) is 12.3 Å². The van der Waals surface area contributed by atoms with Crippen molar-refractivity contribution >= 4 is 23.1 Å². The standard InChI is InChI=1S/C15H11ClN2O3/c16-10-6-7-18-12(8-10)14(15(19)20)17-13(18)9-21-11-4-2-1-3-5-11/h1-8H,9H2,(H,19,20). The van der Waals surface area contributed by atoms with Crippen molar-refractivity contribution in [2.45, 2.75) is 6.61 Å². The molecule has 0 saturated heterocycles. The SMILES string of the molecule is O=C(O)c1nc(COc2ccccc2)n2ccc(Cl)cc12. The smallest absolute Gasteiger partial charge is 0.356 e. The summed E-state index contributed by atoms with van der Waals surface area (Å²) in [6, 6.07) is 12.5. The first-order chi connectivity index (χ1) is 10.1. The Morgan fingerprint density at radius 1 is 1.29 bits per heavy atom. The Hall–Kier alpha value is -2.53. The summed E-state index contributed by atoms with van der Waals surface area (Å²) in [4.78, 5) is 15.4. The van der Waals surface area contributed by atoms with Crippen molar-refractivity contribution in [2.75, 3.05) is 0 Å². The van der Waals surface area contributed by atoms with Crippen molar-refractivity contribution in [2.24, 2.45) is 0 Å². The summed E-state index contributed by atoms with van der Waals surface area (Å²) in [6.07, 6.45) is 1.68. The van der Waals surface area contributed by atoms with E-state index >= 15 is 0 Å². The highest BCUT2D eigenvalue weighted by atomic mass is 35.5. The van der Waals surface area contributed by atoms with Crippen LogP contribution >= 0.6 is 11.6 Å². The normalized spacial score (nSPS) is 10.7. The molecular formula is C15H11ClN2O3. The summed E-state index contributed by atoms with van der Waals surface area (Å²) in [5, 5.41) is 9.67. The highest BCUT2D eigenvalue weighted by molar-refractivity contribution is 6.31. The van der Waals surface area contributed by atoms with Crippen molar-refractivity contribution in [1.82, 2.24) is 9.38 Å². The van der Waals surface area contributed by atoms with Gasteiger partial charge in [-0.25, -0.2) is 9.78 Å². The molecule has 6 heteroatoms. The van der Waals surface area contributed by atoms with Crippen LogP contribution in [0.25, 0.3) is 5.52 Å². The van der Waals surface area contributed by atoms with Gasteiger partial charge in [0.15, 0.2) is 11.5 Å². The van der Waals surface area contributed by atoms with E-state index in [0.29, 0.717) is 22.1 Å². The molecule has 2 heterocycles. The number of nitrogens with zero attached hydrogens (tertiary/aromatic N) is 2. The van der Waals surface area contributed by atoms with E-state index in [2.05, 4.69) is 4.98 Å². The van der Waals surface area contributed by atoms with E-state index in [9.17, 15) is 9.90 Å². The van der Waals surface area contributed by atoms with Crippen LogP contribution in [0, 0.1) is 0 Å². The van der Waals surface area contributed by atoms with Crippen LogP contribution in [-0.2, 0) is 6.61 Å². The molecule has 0 aliphatic heterocycles. The number of aromatic carboxylic acids is 1.